The molecule has 0 saturated carbocycles. The molecule has 0 aliphatic carbocycles. The van der Waals surface area contributed by atoms with Crippen LogP contribution in [-0.2, 0) is 6.54 Å². The lowest BCUT2D eigenvalue weighted by molar-refractivity contribution is 0.201. The second kappa shape index (κ2) is 9.22. The van der Waals surface area contributed by atoms with Crippen LogP contribution < -0.4 is 4.90 Å². The molecule has 1 atom stereocenters. The molecule has 0 radical (unpaired) electrons. The van der Waals surface area contributed by atoms with Crippen molar-refractivity contribution in [2.24, 2.45) is 0 Å². The van der Waals surface area contributed by atoms with Crippen molar-refractivity contribution in [3.63, 3.8) is 0 Å². The monoisotopic (exact) mass is 444 g/mol. The molecule has 1 aliphatic heterocycles. The van der Waals surface area contributed by atoms with Crippen molar-refractivity contribution in [2.45, 2.75) is 26.4 Å². The van der Waals surface area contributed by atoms with E-state index in [1.165, 1.54) is 27.3 Å². The highest BCUT2D eigenvalue weighted by molar-refractivity contribution is 7.09. The predicted molar refractivity (Wildman–Crippen MR) is 129 cm³/mol. The van der Waals surface area contributed by atoms with Crippen LogP contribution in [0.5, 0.6) is 0 Å². The van der Waals surface area contributed by atoms with Crippen molar-refractivity contribution in [1.82, 2.24) is 25.1 Å². The smallest absolute Gasteiger partial charge is 0.173 e. The third-order valence-electron chi connectivity index (χ3n) is 6.40. The number of hydrogen-bond donors (Lipinski definition) is 0. The molecule has 1 aliphatic rings. The summed E-state index contributed by atoms with van der Waals surface area (Å²) in [7, 11) is 0. The fourth-order valence-corrected chi connectivity index (χ4v) is 5.21. The van der Waals surface area contributed by atoms with E-state index in [1.54, 1.807) is 11.3 Å². The van der Waals surface area contributed by atoms with E-state index in [4.69, 9.17) is 0 Å². The number of aryl methyl sites for hydroxylation is 1. The number of hydrogen-bond acceptors (Lipinski definition) is 6. The summed E-state index contributed by atoms with van der Waals surface area (Å²) in [6, 6.07) is 21.5. The van der Waals surface area contributed by atoms with E-state index < -0.39 is 0 Å². The standard InChI is InChI=1S/C25H28N6S/c1-19-8-6-12-23(20(19)2)29-13-15-30(16-14-29)24(21-9-4-3-5-10-21)25-26-27-28-31(25)18-22-11-7-17-32-22/h3-12,17,24H,13-16,18H2,1-2H3. The van der Waals surface area contributed by atoms with Crippen molar-refractivity contribution in [2.75, 3.05) is 31.1 Å². The Hall–Kier alpha value is -3.03. The number of tetrazole rings is 1. The van der Waals surface area contributed by atoms with E-state index in [0.717, 1.165) is 32.0 Å². The molecule has 0 amide bonds. The number of thiophene rings is 1. The molecule has 2 aromatic heterocycles. The Labute approximate surface area is 193 Å². The molecule has 1 unspecified atom stereocenters. The highest BCUT2D eigenvalue weighted by Crippen LogP contribution is 2.30. The van der Waals surface area contributed by atoms with Gasteiger partial charge in [0.05, 0.1) is 12.6 Å². The van der Waals surface area contributed by atoms with Gasteiger partial charge in [-0.1, -0.05) is 48.5 Å². The third kappa shape index (κ3) is 4.18. The Morgan fingerprint density at radius 3 is 2.47 bits per heavy atom. The van der Waals surface area contributed by atoms with E-state index >= 15 is 0 Å². The normalized spacial score (nSPS) is 15.8. The summed E-state index contributed by atoms with van der Waals surface area (Å²) < 4.78 is 1.96. The molecular weight excluding hydrogens is 416 g/mol. The first-order valence-corrected chi connectivity index (χ1v) is 12.0. The van der Waals surface area contributed by atoms with Crippen molar-refractivity contribution >= 4 is 17.0 Å². The number of aromatic nitrogens is 4. The van der Waals surface area contributed by atoms with Gasteiger partial charge in [-0.3, -0.25) is 4.90 Å². The van der Waals surface area contributed by atoms with Gasteiger partial charge >= 0.3 is 0 Å². The van der Waals surface area contributed by atoms with E-state index in [2.05, 4.69) is 105 Å². The quantitative estimate of drug-likeness (QED) is 0.444. The van der Waals surface area contributed by atoms with Crippen molar-refractivity contribution in [3.8, 4) is 0 Å². The fourth-order valence-electron chi connectivity index (χ4n) is 4.53. The molecule has 164 valence electrons. The van der Waals surface area contributed by atoms with Gasteiger partial charge in [-0.15, -0.1) is 16.4 Å². The number of piperazine rings is 1. The van der Waals surface area contributed by atoms with Gasteiger partial charge in [0, 0.05) is 36.7 Å². The predicted octanol–water partition coefficient (Wildman–Crippen LogP) is 4.31. The van der Waals surface area contributed by atoms with Gasteiger partial charge in [0.1, 0.15) is 0 Å². The van der Waals surface area contributed by atoms with Gasteiger partial charge in [-0.05, 0) is 58.5 Å². The molecule has 0 N–H and O–H groups in total. The van der Waals surface area contributed by atoms with E-state index in [0.29, 0.717) is 6.54 Å². The Morgan fingerprint density at radius 1 is 0.906 bits per heavy atom. The maximum atomic E-state index is 4.50. The highest BCUT2D eigenvalue weighted by atomic mass is 32.1. The Balaban J connectivity index is 1.41. The van der Waals surface area contributed by atoms with Gasteiger partial charge in [0.15, 0.2) is 5.82 Å². The van der Waals surface area contributed by atoms with Crippen LogP contribution in [0.3, 0.4) is 0 Å². The lowest BCUT2D eigenvalue weighted by Crippen LogP contribution is -2.48. The summed E-state index contributed by atoms with van der Waals surface area (Å²) in [5, 5.41) is 15.0. The molecular formula is C25H28N6S. The Morgan fingerprint density at radius 2 is 1.72 bits per heavy atom. The summed E-state index contributed by atoms with van der Waals surface area (Å²) in [5.41, 5.74) is 5.30. The minimum Gasteiger partial charge on any atom is -0.369 e. The first-order chi connectivity index (χ1) is 15.7. The van der Waals surface area contributed by atoms with Crippen LogP contribution in [0.25, 0.3) is 0 Å². The molecule has 7 heteroatoms. The number of benzene rings is 2. The van der Waals surface area contributed by atoms with Crippen molar-refractivity contribution < 1.29 is 0 Å². The zero-order chi connectivity index (χ0) is 21.9. The lowest BCUT2D eigenvalue weighted by Gasteiger charge is -2.40. The molecule has 1 saturated heterocycles. The van der Waals surface area contributed by atoms with Crippen LogP contribution in [-0.4, -0.2) is 51.3 Å². The zero-order valence-electron chi connectivity index (χ0n) is 18.6. The minimum absolute atomic E-state index is 0.0342. The topological polar surface area (TPSA) is 50.1 Å². The van der Waals surface area contributed by atoms with E-state index in [-0.39, 0.29) is 6.04 Å². The minimum atomic E-state index is 0.0342. The average molecular weight is 445 g/mol. The molecule has 32 heavy (non-hydrogen) atoms. The zero-order valence-corrected chi connectivity index (χ0v) is 19.4. The van der Waals surface area contributed by atoms with E-state index in [9.17, 15) is 0 Å². The Bertz CT molecular complexity index is 1150. The van der Waals surface area contributed by atoms with Gasteiger partial charge < -0.3 is 4.90 Å². The third-order valence-corrected chi connectivity index (χ3v) is 7.26. The first kappa shape index (κ1) is 20.8. The molecule has 1 fully saturated rings. The SMILES string of the molecule is Cc1cccc(N2CCN(C(c3ccccc3)c3nnnn3Cc3cccs3)CC2)c1C. The van der Waals surface area contributed by atoms with Gasteiger partial charge in [-0.25, -0.2) is 4.68 Å². The molecule has 5 rings (SSSR count). The summed E-state index contributed by atoms with van der Waals surface area (Å²) in [5.74, 6) is 0.907. The number of anilines is 1. The first-order valence-electron chi connectivity index (χ1n) is 11.1. The summed E-state index contributed by atoms with van der Waals surface area (Å²) in [4.78, 5) is 6.29. The van der Waals surface area contributed by atoms with Crippen LogP contribution in [0, 0.1) is 13.8 Å². The second-order valence-corrected chi connectivity index (χ2v) is 9.36. The van der Waals surface area contributed by atoms with Gasteiger partial charge in [0.2, 0.25) is 0 Å². The highest BCUT2D eigenvalue weighted by Gasteiger charge is 2.31. The molecule has 4 aromatic rings. The average Bonchev–Trinajstić information content (AvgIpc) is 3.50. The molecule has 0 bridgehead atoms. The summed E-state index contributed by atoms with van der Waals surface area (Å²) in [6.07, 6.45) is 0. The van der Waals surface area contributed by atoms with Crippen molar-refractivity contribution in [3.05, 3.63) is 93.4 Å². The van der Waals surface area contributed by atoms with Crippen LogP contribution in [0.2, 0.25) is 0 Å². The van der Waals surface area contributed by atoms with Crippen LogP contribution >= 0.6 is 11.3 Å². The maximum Gasteiger partial charge on any atom is 0.173 e. The van der Waals surface area contributed by atoms with E-state index in [1.807, 2.05) is 4.68 Å². The van der Waals surface area contributed by atoms with Crippen LogP contribution in [0.4, 0.5) is 5.69 Å². The number of rotatable bonds is 6. The fraction of sp³-hybridized carbons (Fsp3) is 0.320. The summed E-state index contributed by atoms with van der Waals surface area (Å²) in [6.45, 7) is 9.00. The van der Waals surface area contributed by atoms with Gasteiger partial charge in [-0.2, -0.15) is 0 Å². The number of nitrogens with zero attached hydrogens (tertiary/aromatic N) is 6. The lowest BCUT2D eigenvalue weighted by atomic mass is 10.0. The summed E-state index contributed by atoms with van der Waals surface area (Å²) >= 11 is 1.74. The molecule has 3 heterocycles. The van der Waals surface area contributed by atoms with Crippen molar-refractivity contribution in [1.29, 1.82) is 0 Å². The molecule has 2 aromatic carbocycles. The van der Waals surface area contributed by atoms with Crippen LogP contribution in [0.1, 0.15) is 33.4 Å². The van der Waals surface area contributed by atoms with Crippen LogP contribution in [0.15, 0.2) is 66.0 Å². The maximum absolute atomic E-state index is 4.50. The largest absolute Gasteiger partial charge is 0.369 e. The Kier molecular flexibility index (Phi) is 6.01. The molecule has 0 spiro atoms. The molecule has 6 nitrogen and oxygen atoms in total. The van der Waals surface area contributed by atoms with Gasteiger partial charge in [0.25, 0.3) is 0 Å². The second-order valence-electron chi connectivity index (χ2n) is 8.33.